The number of hydrogen-bond donors (Lipinski definition) is 1. The summed E-state index contributed by atoms with van der Waals surface area (Å²) in [7, 11) is 1.64. The van der Waals surface area contributed by atoms with Crippen molar-refractivity contribution in [2.24, 2.45) is 5.16 Å². The highest BCUT2D eigenvalue weighted by Gasteiger charge is 2.19. The standard InChI is InChI=1S/C11H15N3O2/c1-16-10-3-2-6-12-11(10)14-7-4-9(13-15)5-8-14/h2-3,6,15H,4-5,7-8H2,1H3. The molecule has 0 aromatic carbocycles. The molecule has 5 heteroatoms. The van der Waals surface area contributed by atoms with E-state index in [1.54, 1.807) is 13.3 Å². The zero-order valence-electron chi connectivity index (χ0n) is 9.26. The van der Waals surface area contributed by atoms with Crippen molar-refractivity contribution in [3.63, 3.8) is 0 Å². The first-order valence-electron chi connectivity index (χ1n) is 5.29. The van der Waals surface area contributed by atoms with Gasteiger partial charge in [0.1, 0.15) is 0 Å². The van der Waals surface area contributed by atoms with Crippen molar-refractivity contribution in [2.75, 3.05) is 25.1 Å². The Hall–Kier alpha value is -1.78. The number of aromatic nitrogens is 1. The molecule has 1 aromatic rings. The maximum atomic E-state index is 8.68. The molecule has 0 spiro atoms. The molecule has 0 atom stereocenters. The summed E-state index contributed by atoms with van der Waals surface area (Å²) >= 11 is 0. The zero-order chi connectivity index (χ0) is 11.4. The molecule has 2 heterocycles. The zero-order valence-corrected chi connectivity index (χ0v) is 9.26. The predicted octanol–water partition coefficient (Wildman–Crippen LogP) is 1.52. The molecule has 0 aliphatic carbocycles. The van der Waals surface area contributed by atoms with Crippen LogP contribution in [0.15, 0.2) is 23.5 Å². The third-order valence-electron chi connectivity index (χ3n) is 2.75. The number of pyridine rings is 1. The highest BCUT2D eigenvalue weighted by Crippen LogP contribution is 2.26. The number of piperidine rings is 1. The number of oxime groups is 1. The lowest BCUT2D eigenvalue weighted by Gasteiger charge is -2.29. The molecule has 0 unspecified atom stereocenters. The lowest BCUT2D eigenvalue weighted by Crippen LogP contribution is -2.34. The van der Waals surface area contributed by atoms with Gasteiger partial charge in [-0.3, -0.25) is 0 Å². The number of hydrogen-bond acceptors (Lipinski definition) is 5. The first-order valence-corrected chi connectivity index (χ1v) is 5.29. The van der Waals surface area contributed by atoms with Gasteiger partial charge in [0.05, 0.1) is 12.8 Å². The molecular formula is C11H15N3O2. The van der Waals surface area contributed by atoms with E-state index in [0.29, 0.717) is 0 Å². The van der Waals surface area contributed by atoms with Crippen LogP contribution in [-0.4, -0.2) is 36.1 Å². The van der Waals surface area contributed by atoms with Crippen molar-refractivity contribution >= 4 is 11.5 Å². The van der Waals surface area contributed by atoms with Gasteiger partial charge in [0.2, 0.25) is 0 Å². The van der Waals surface area contributed by atoms with Gasteiger partial charge in [-0.05, 0) is 12.1 Å². The molecule has 86 valence electrons. The summed E-state index contributed by atoms with van der Waals surface area (Å²) in [5.41, 5.74) is 0.853. The smallest absolute Gasteiger partial charge is 0.171 e. The van der Waals surface area contributed by atoms with E-state index < -0.39 is 0 Å². The SMILES string of the molecule is COc1cccnc1N1CCC(=NO)CC1. The minimum atomic E-state index is 0.774. The average Bonchev–Trinajstić information content (AvgIpc) is 2.39. The van der Waals surface area contributed by atoms with Gasteiger partial charge < -0.3 is 14.8 Å². The Bertz CT molecular complexity index is 383. The maximum absolute atomic E-state index is 8.68. The fraction of sp³-hybridized carbons (Fsp3) is 0.455. The van der Waals surface area contributed by atoms with Crippen LogP contribution < -0.4 is 9.64 Å². The molecule has 1 saturated heterocycles. The van der Waals surface area contributed by atoms with Crippen LogP contribution in [0.1, 0.15) is 12.8 Å². The summed E-state index contributed by atoms with van der Waals surface area (Å²) in [4.78, 5) is 6.47. The molecule has 1 aliphatic heterocycles. The Kier molecular flexibility index (Phi) is 3.24. The minimum absolute atomic E-state index is 0.774. The molecule has 1 fully saturated rings. The second-order valence-electron chi connectivity index (χ2n) is 3.68. The minimum Gasteiger partial charge on any atom is -0.493 e. The number of nitrogens with zero attached hydrogens (tertiary/aromatic N) is 3. The van der Waals surface area contributed by atoms with Crippen LogP contribution in [0, 0.1) is 0 Å². The molecule has 0 bridgehead atoms. The third-order valence-corrected chi connectivity index (χ3v) is 2.75. The van der Waals surface area contributed by atoms with Gasteiger partial charge in [0.15, 0.2) is 11.6 Å². The molecule has 0 amide bonds. The molecule has 16 heavy (non-hydrogen) atoms. The highest BCUT2D eigenvalue weighted by atomic mass is 16.5. The predicted molar refractivity (Wildman–Crippen MR) is 61.5 cm³/mol. The van der Waals surface area contributed by atoms with Crippen LogP contribution in [0.25, 0.3) is 0 Å². The van der Waals surface area contributed by atoms with E-state index in [-0.39, 0.29) is 0 Å². The monoisotopic (exact) mass is 221 g/mol. The Morgan fingerprint density at radius 1 is 1.44 bits per heavy atom. The second-order valence-corrected chi connectivity index (χ2v) is 3.68. The second kappa shape index (κ2) is 4.83. The van der Waals surface area contributed by atoms with Gasteiger partial charge in [0.25, 0.3) is 0 Å². The normalized spacial score (nSPS) is 16.1. The Morgan fingerprint density at radius 2 is 2.19 bits per heavy atom. The molecule has 0 saturated carbocycles. The summed E-state index contributed by atoms with van der Waals surface area (Å²) in [5.74, 6) is 1.65. The van der Waals surface area contributed by atoms with Crippen molar-refractivity contribution in [3.05, 3.63) is 18.3 Å². The van der Waals surface area contributed by atoms with E-state index in [1.807, 2.05) is 12.1 Å². The maximum Gasteiger partial charge on any atom is 0.171 e. The average molecular weight is 221 g/mol. The Morgan fingerprint density at radius 3 is 2.81 bits per heavy atom. The molecule has 1 aliphatic rings. The topological polar surface area (TPSA) is 58.0 Å². The molecule has 5 nitrogen and oxygen atoms in total. The van der Waals surface area contributed by atoms with Crippen molar-refractivity contribution in [1.82, 2.24) is 4.98 Å². The van der Waals surface area contributed by atoms with Crippen LogP contribution in [0.3, 0.4) is 0 Å². The summed E-state index contributed by atoms with van der Waals surface area (Å²) in [6, 6.07) is 3.75. The quantitative estimate of drug-likeness (QED) is 0.607. The third kappa shape index (κ3) is 2.08. The first-order chi connectivity index (χ1) is 7.85. The Balaban J connectivity index is 2.13. The van der Waals surface area contributed by atoms with E-state index >= 15 is 0 Å². The lowest BCUT2D eigenvalue weighted by molar-refractivity contribution is 0.315. The largest absolute Gasteiger partial charge is 0.493 e. The summed E-state index contributed by atoms with van der Waals surface area (Å²) < 4.78 is 5.27. The van der Waals surface area contributed by atoms with Crippen LogP contribution in [0.4, 0.5) is 5.82 Å². The Labute approximate surface area is 94.4 Å². The lowest BCUT2D eigenvalue weighted by atomic mass is 10.1. The fourth-order valence-corrected chi connectivity index (χ4v) is 1.86. The molecule has 1 aromatic heterocycles. The number of rotatable bonds is 2. The van der Waals surface area contributed by atoms with E-state index in [4.69, 9.17) is 9.94 Å². The number of anilines is 1. The van der Waals surface area contributed by atoms with Gasteiger partial charge in [-0.2, -0.15) is 0 Å². The van der Waals surface area contributed by atoms with Crippen molar-refractivity contribution in [1.29, 1.82) is 0 Å². The van der Waals surface area contributed by atoms with Gasteiger partial charge in [-0.1, -0.05) is 5.16 Å². The van der Waals surface area contributed by atoms with E-state index in [0.717, 1.165) is 43.2 Å². The molecule has 2 rings (SSSR count). The van der Waals surface area contributed by atoms with Crippen molar-refractivity contribution in [3.8, 4) is 5.75 Å². The summed E-state index contributed by atoms with van der Waals surface area (Å²) in [6.45, 7) is 1.62. The first kappa shape index (κ1) is 10.7. The van der Waals surface area contributed by atoms with Crippen molar-refractivity contribution < 1.29 is 9.94 Å². The fourth-order valence-electron chi connectivity index (χ4n) is 1.86. The number of methoxy groups -OCH3 is 1. The molecule has 0 radical (unpaired) electrons. The van der Waals surface area contributed by atoms with Crippen LogP contribution in [-0.2, 0) is 0 Å². The van der Waals surface area contributed by atoms with Crippen molar-refractivity contribution in [2.45, 2.75) is 12.8 Å². The van der Waals surface area contributed by atoms with E-state index in [2.05, 4.69) is 15.0 Å². The van der Waals surface area contributed by atoms with Gasteiger partial charge in [-0.15, -0.1) is 0 Å². The van der Waals surface area contributed by atoms with Gasteiger partial charge in [0, 0.05) is 32.1 Å². The van der Waals surface area contributed by atoms with E-state index in [9.17, 15) is 0 Å². The molecular weight excluding hydrogens is 206 g/mol. The highest BCUT2D eigenvalue weighted by molar-refractivity contribution is 5.86. The van der Waals surface area contributed by atoms with Crippen LogP contribution >= 0.6 is 0 Å². The van der Waals surface area contributed by atoms with Gasteiger partial charge >= 0.3 is 0 Å². The van der Waals surface area contributed by atoms with Crippen LogP contribution in [0.5, 0.6) is 5.75 Å². The summed E-state index contributed by atoms with van der Waals surface area (Å²) in [5, 5.41) is 11.9. The summed E-state index contributed by atoms with van der Waals surface area (Å²) in [6.07, 6.45) is 3.31. The van der Waals surface area contributed by atoms with Gasteiger partial charge in [-0.25, -0.2) is 4.98 Å². The van der Waals surface area contributed by atoms with Crippen LogP contribution in [0.2, 0.25) is 0 Å². The number of ether oxygens (including phenoxy) is 1. The van der Waals surface area contributed by atoms with E-state index in [1.165, 1.54) is 0 Å². The molecule has 1 N–H and O–H groups in total.